The Hall–Kier alpha value is -1.02. The van der Waals surface area contributed by atoms with E-state index in [1.807, 2.05) is 0 Å². The van der Waals surface area contributed by atoms with Crippen LogP contribution in [-0.4, -0.2) is 40.8 Å². The van der Waals surface area contributed by atoms with E-state index < -0.39 is 15.8 Å². The van der Waals surface area contributed by atoms with Crippen molar-refractivity contribution >= 4 is 10.0 Å². The minimum atomic E-state index is -3.68. The van der Waals surface area contributed by atoms with Crippen molar-refractivity contribution in [3.63, 3.8) is 0 Å². The molecule has 1 heterocycles. The van der Waals surface area contributed by atoms with Gasteiger partial charge in [-0.05, 0) is 18.2 Å². The fourth-order valence-electron chi connectivity index (χ4n) is 1.67. The number of nitrogens with one attached hydrogen (secondary N) is 2. The largest absolute Gasteiger partial charge is 0.374 e. The highest BCUT2D eigenvalue weighted by atomic mass is 32.2. The molecular weight excluding hydrogens is 259 g/mol. The fourth-order valence-corrected chi connectivity index (χ4v) is 2.77. The number of rotatable bonds is 4. The number of ether oxygens (including phenoxy) is 1. The van der Waals surface area contributed by atoms with Crippen molar-refractivity contribution in [1.29, 1.82) is 0 Å². The molecular formula is C11H15FN2O3S. The van der Waals surface area contributed by atoms with Crippen LogP contribution >= 0.6 is 0 Å². The zero-order valence-corrected chi connectivity index (χ0v) is 10.5. The number of hydrogen-bond acceptors (Lipinski definition) is 4. The Morgan fingerprint density at radius 3 is 3.00 bits per heavy atom. The van der Waals surface area contributed by atoms with E-state index in [0.717, 1.165) is 12.6 Å². The van der Waals surface area contributed by atoms with Gasteiger partial charge in [0.05, 0.1) is 17.6 Å². The Labute approximate surface area is 105 Å². The molecule has 100 valence electrons. The van der Waals surface area contributed by atoms with Gasteiger partial charge in [-0.15, -0.1) is 0 Å². The Bertz CT molecular complexity index is 501. The van der Waals surface area contributed by atoms with Crippen LogP contribution in [0, 0.1) is 5.82 Å². The monoisotopic (exact) mass is 274 g/mol. The van der Waals surface area contributed by atoms with Crippen LogP contribution in [0.25, 0.3) is 0 Å². The smallest absolute Gasteiger partial charge is 0.240 e. The highest BCUT2D eigenvalue weighted by Crippen LogP contribution is 2.10. The fraction of sp³-hybridized carbons (Fsp3) is 0.455. The van der Waals surface area contributed by atoms with Crippen LogP contribution in [0.15, 0.2) is 29.2 Å². The molecule has 1 aliphatic heterocycles. The zero-order valence-electron chi connectivity index (χ0n) is 9.73. The van der Waals surface area contributed by atoms with Gasteiger partial charge in [0.2, 0.25) is 10.0 Å². The predicted molar refractivity (Wildman–Crippen MR) is 64.2 cm³/mol. The highest BCUT2D eigenvalue weighted by Gasteiger charge is 2.19. The molecule has 1 aromatic rings. The second kappa shape index (κ2) is 5.75. The van der Waals surface area contributed by atoms with E-state index in [9.17, 15) is 12.8 Å². The summed E-state index contributed by atoms with van der Waals surface area (Å²) < 4.78 is 44.5. The summed E-state index contributed by atoms with van der Waals surface area (Å²) in [4.78, 5) is -0.0775. The lowest BCUT2D eigenvalue weighted by Gasteiger charge is -2.23. The number of hydrogen-bond donors (Lipinski definition) is 2. The SMILES string of the molecule is O=S(=O)(NCC1CNCCO1)c1cccc(F)c1. The van der Waals surface area contributed by atoms with E-state index in [-0.39, 0.29) is 17.5 Å². The average Bonchev–Trinajstić information content (AvgIpc) is 2.38. The van der Waals surface area contributed by atoms with E-state index in [1.54, 1.807) is 0 Å². The molecule has 0 bridgehead atoms. The molecule has 0 radical (unpaired) electrons. The molecule has 7 heteroatoms. The minimum absolute atomic E-state index is 0.0775. The Morgan fingerprint density at radius 2 is 2.33 bits per heavy atom. The van der Waals surface area contributed by atoms with Crippen LogP contribution in [-0.2, 0) is 14.8 Å². The van der Waals surface area contributed by atoms with Crippen LogP contribution < -0.4 is 10.0 Å². The Kier molecular flexibility index (Phi) is 4.28. The first-order chi connectivity index (χ1) is 8.58. The van der Waals surface area contributed by atoms with Gasteiger partial charge in [0, 0.05) is 19.6 Å². The third kappa shape index (κ3) is 3.49. The molecule has 5 nitrogen and oxygen atoms in total. The highest BCUT2D eigenvalue weighted by molar-refractivity contribution is 7.89. The third-order valence-electron chi connectivity index (χ3n) is 2.61. The second-order valence-electron chi connectivity index (χ2n) is 4.01. The van der Waals surface area contributed by atoms with E-state index in [2.05, 4.69) is 10.0 Å². The summed E-state index contributed by atoms with van der Waals surface area (Å²) in [6.07, 6.45) is -0.193. The van der Waals surface area contributed by atoms with Gasteiger partial charge in [-0.2, -0.15) is 0 Å². The molecule has 0 saturated carbocycles. The predicted octanol–water partition coefficient (Wildman–Crippen LogP) is 0.0924. The maximum atomic E-state index is 13.0. The summed E-state index contributed by atoms with van der Waals surface area (Å²) in [6, 6.07) is 4.91. The van der Waals surface area contributed by atoms with Crippen LogP contribution in [0.1, 0.15) is 0 Å². The minimum Gasteiger partial charge on any atom is -0.374 e. The average molecular weight is 274 g/mol. The van der Waals surface area contributed by atoms with Gasteiger partial charge in [-0.3, -0.25) is 0 Å². The summed E-state index contributed by atoms with van der Waals surface area (Å²) in [7, 11) is -3.68. The van der Waals surface area contributed by atoms with Crippen molar-refractivity contribution in [3.05, 3.63) is 30.1 Å². The molecule has 0 spiro atoms. The normalized spacial score (nSPS) is 20.8. The Balaban J connectivity index is 1.98. The molecule has 1 unspecified atom stereocenters. The second-order valence-corrected chi connectivity index (χ2v) is 5.77. The van der Waals surface area contributed by atoms with Gasteiger partial charge >= 0.3 is 0 Å². The molecule has 1 fully saturated rings. The Morgan fingerprint density at radius 1 is 1.50 bits per heavy atom. The van der Waals surface area contributed by atoms with Gasteiger partial charge in [-0.25, -0.2) is 17.5 Å². The lowest BCUT2D eigenvalue weighted by Crippen LogP contribution is -2.45. The van der Waals surface area contributed by atoms with Gasteiger partial charge in [-0.1, -0.05) is 6.07 Å². The number of sulfonamides is 1. The van der Waals surface area contributed by atoms with Crippen LogP contribution in [0.2, 0.25) is 0 Å². The van der Waals surface area contributed by atoms with Gasteiger partial charge in [0.25, 0.3) is 0 Å². The van der Waals surface area contributed by atoms with Crippen molar-refractivity contribution in [2.24, 2.45) is 0 Å². The quantitative estimate of drug-likeness (QED) is 0.817. The standard InChI is InChI=1S/C11H15FN2O3S/c12-9-2-1-3-11(6-9)18(15,16)14-8-10-7-13-4-5-17-10/h1-3,6,10,13-14H,4-5,7-8H2. The molecule has 1 atom stereocenters. The van der Waals surface area contributed by atoms with Gasteiger partial charge in [0.15, 0.2) is 0 Å². The molecule has 2 rings (SSSR count). The third-order valence-corrected chi connectivity index (χ3v) is 4.03. The molecule has 2 N–H and O–H groups in total. The van der Waals surface area contributed by atoms with Crippen molar-refractivity contribution in [3.8, 4) is 0 Å². The maximum absolute atomic E-state index is 13.0. The topological polar surface area (TPSA) is 67.4 Å². The summed E-state index contributed by atoms with van der Waals surface area (Å²) in [6.45, 7) is 2.11. The molecule has 0 aromatic heterocycles. The van der Waals surface area contributed by atoms with Crippen molar-refractivity contribution in [1.82, 2.24) is 10.0 Å². The molecule has 1 aromatic carbocycles. The molecule has 1 aliphatic rings. The first kappa shape index (κ1) is 13.4. The summed E-state index contributed by atoms with van der Waals surface area (Å²) >= 11 is 0. The molecule has 1 saturated heterocycles. The van der Waals surface area contributed by atoms with E-state index in [4.69, 9.17) is 4.74 Å². The molecule has 0 aliphatic carbocycles. The van der Waals surface area contributed by atoms with Crippen LogP contribution in [0.3, 0.4) is 0 Å². The number of benzene rings is 1. The van der Waals surface area contributed by atoms with E-state index in [1.165, 1.54) is 18.2 Å². The first-order valence-electron chi connectivity index (χ1n) is 5.65. The number of halogens is 1. The van der Waals surface area contributed by atoms with E-state index in [0.29, 0.717) is 13.2 Å². The zero-order chi connectivity index (χ0) is 13.0. The summed E-state index contributed by atoms with van der Waals surface area (Å²) in [5.74, 6) is -0.576. The summed E-state index contributed by atoms with van der Waals surface area (Å²) in [5.41, 5.74) is 0. The van der Waals surface area contributed by atoms with Gasteiger partial charge < -0.3 is 10.1 Å². The lowest BCUT2D eigenvalue weighted by atomic mass is 10.3. The number of morpholine rings is 1. The lowest BCUT2D eigenvalue weighted by molar-refractivity contribution is 0.0324. The van der Waals surface area contributed by atoms with Gasteiger partial charge in [0.1, 0.15) is 5.82 Å². The molecule has 0 amide bonds. The molecule has 18 heavy (non-hydrogen) atoms. The van der Waals surface area contributed by atoms with Crippen LogP contribution in [0.5, 0.6) is 0 Å². The van der Waals surface area contributed by atoms with Crippen molar-refractivity contribution in [2.45, 2.75) is 11.0 Å². The first-order valence-corrected chi connectivity index (χ1v) is 7.14. The van der Waals surface area contributed by atoms with Crippen LogP contribution in [0.4, 0.5) is 4.39 Å². The van der Waals surface area contributed by atoms with Crippen molar-refractivity contribution in [2.75, 3.05) is 26.2 Å². The summed E-state index contributed by atoms with van der Waals surface area (Å²) in [5, 5.41) is 3.10. The maximum Gasteiger partial charge on any atom is 0.240 e. The van der Waals surface area contributed by atoms with E-state index >= 15 is 0 Å². The van der Waals surface area contributed by atoms with Crippen molar-refractivity contribution < 1.29 is 17.5 Å².